The number of aromatic nitrogens is 2. The molecule has 0 radical (unpaired) electrons. The van der Waals surface area contributed by atoms with Crippen molar-refractivity contribution in [1.29, 1.82) is 0 Å². The maximum absolute atomic E-state index is 11.8. The minimum Gasteiger partial charge on any atom is -0.297 e. The summed E-state index contributed by atoms with van der Waals surface area (Å²) in [7, 11) is 0. The molecule has 1 aliphatic rings. The molecule has 1 fully saturated rings. The van der Waals surface area contributed by atoms with Crippen molar-refractivity contribution in [2.45, 2.75) is 18.8 Å². The smallest absolute Gasteiger partial charge is 0.250 e. The van der Waals surface area contributed by atoms with Crippen LogP contribution < -0.4 is 5.32 Å². The van der Waals surface area contributed by atoms with E-state index in [-0.39, 0.29) is 5.91 Å². The first-order valence-corrected chi connectivity index (χ1v) is 7.96. The van der Waals surface area contributed by atoms with Crippen LogP contribution in [0.4, 0.5) is 5.13 Å². The Morgan fingerprint density at radius 1 is 1.29 bits per heavy atom. The van der Waals surface area contributed by atoms with Gasteiger partial charge in [0.15, 0.2) is 0 Å². The first kappa shape index (κ1) is 14.5. The zero-order valence-electron chi connectivity index (χ0n) is 10.8. The summed E-state index contributed by atoms with van der Waals surface area (Å²) in [6.07, 6.45) is 5.43. The molecule has 3 rings (SSSR count). The molecular weight excluding hydrogens is 329 g/mol. The Morgan fingerprint density at radius 2 is 2.10 bits per heavy atom. The standard InChI is InChI=1S/C14H11Cl2N3OS/c15-10-5-1-8(7-11(10)16)2-6-12(20)17-14-19-18-13(21-14)9-3-4-9/h1-2,5-7,9H,3-4H2,(H,17,19,20). The molecule has 1 N–H and O–H groups in total. The summed E-state index contributed by atoms with van der Waals surface area (Å²) >= 11 is 13.2. The van der Waals surface area contributed by atoms with Gasteiger partial charge < -0.3 is 0 Å². The Hall–Kier alpha value is -1.43. The van der Waals surface area contributed by atoms with E-state index >= 15 is 0 Å². The molecule has 1 heterocycles. The molecule has 4 nitrogen and oxygen atoms in total. The number of nitrogens with one attached hydrogen (secondary N) is 1. The highest BCUT2D eigenvalue weighted by Gasteiger charge is 2.27. The van der Waals surface area contributed by atoms with Crippen molar-refractivity contribution in [2.75, 3.05) is 5.32 Å². The summed E-state index contributed by atoms with van der Waals surface area (Å²) in [6.45, 7) is 0. The lowest BCUT2D eigenvalue weighted by Crippen LogP contribution is -2.07. The highest BCUT2D eigenvalue weighted by Crippen LogP contribution is 2.42. The molecule has 108 valence electrons. The van der Waals surface area contributed by atoms with Crippen molar-refractivity contribution in [3.63, 3.8) is 0 Å². The number of nitrogens with zero attached hydrogens (tertiary/aromatic N) is 2. The van der Waals surface area contributed by atoms with E-state index in [2.05, 4.69) is 15.5 Å². The Balaban J connectivity index is 1.61. The third-order valence-corrected chi connectivity index (χ3v) is 4.71. The fraction of sp³-hybridized carbons (Fsp3) is 0.214. The number of amides is 1. The minimum atomic E-state index is -0.250. The van der Waals surface area contributed by atoms with Crippen LogP contribution in [0.15, 0.2) is 24.3 Å². The van der Waals surface area contributed by atoms with E-state index in [1.54, 1.807) is 24.3 Å². The summed E-state index contributed by atoms with van der Waals surface area (Å²) in [5, 5.41) is 13.2. The number of hydrogen-bond acceptors (Lipinski definition) is 4. The number of carbonyl (C=O) groups excluding carboxylic acids is 1. The van der Waals surface area contributed by atoms with Gasteiger partial charge in [0.05, 0.1) is 10.0 Å². The predicted octanol–water partition coefficient (Wildman–Crippen LogP) is 4.37. The van der Waals surface area contributed by atoms with E-state index in [0.717, 1.165) is 10.6 Å². The van der Waals surface area contributed by atoms with Gasteiger partial charge in [-0.25, -0.2) is 0 Å². The van der Waals surface area contributed by atoms with Gasteiger partial charge in [-0.15, -0.1) is 10.2 Å². The van der Waals surface area contributed by atoms with Crippen LogP contribution in [0.2, 0.25) is 10.0 Å². The molecule has 1 aliphatic carbocycles. The van der Waals surface area contributed by atoms with Gasteiger partial charge in [0.25, 0.3) is 0 Å². The van der Waals surface area contributed by atoms with Crippen molar-refractivity contribution in [1.82, 2.24) is 10.2 Å². The first-order chi connectivity index (χ1) is 10.1. The molecule has 7 heteroatoms. The second-order valence-electron chi connectivity index (χ2n) is 4.72. The summed E-state index contributed by atoms with van der Waals surface area (Å²) in [4.78, 5) is 11.8. The van der Waals surface area contributed by atoms with Crippen molar-refractivity contribution in [3.8, 4) is 0 Å². The molecule has 1 aromatic carbocycles. The van der Waals surface area contributed by atoms with Crippen LogP contribution in [0.5, 0.6) is 0 Å². The molecule has 0 aliphatic heterocycles. The molecule has 1 aromatic heterocycles. The van der Waals surface area contributed by atoms with E-state index in [9.17, 15) is 4.79 Å². The molecule has 0 saturated heterocycles. The van der Waals surface area contributed by atoms with E-state index < -0.39 is 0 Å². The normalized spacial score (nSPS) is 14.6. The Bertz CT molecular complexity index is 710. The summed E-state index contributed by atoms with van der Waals surface area (Å²) in [6, 6.07) is 5.17. The highest BCUT2D eigenvalue weighted by atomic mass is 35.5. The van der Waals surface area contributed by atoms with Crippen molar-refractivity contribution >= 4 is 51.7 Å². The summed E-state index contributed by atoms with van der Waals surface area (Å²) in [5.74, 6) is 0.291. The van der Waals surface area contributed by atoms with Crippen molar-refractivity contribution in [3.05, 3.63) is 44.9 Å². The monoisotopic (exact) mass is 339 g/mol. The maximum Gasteiger partial charge on any atom is 0.250 e. The number of rotatable bonds is 4. The van der Waals surface area contributed by atoms with E-state index in [4.69, 9.17) is 23.2 Å². The fourth-order valence-corrected chi connectivity index (χ4v) is 2.94. The Morgan fingerprint density at radius 3 is 2.81 bits per heavy atom. The topological polar surface area (TPSA) is 54.9 Å². The van der Waals surface area contributed by atoms with Crippen molar-refractivity contribution < 1.29 is 4.79 Å². The van der Waals surface area contributed by atoms with Crippen molar-refractivity contribution in [2.24, 2.45) is 0 Å². The largest absolute Gasteiger partial charge is 0.297 e. The van der Waals surface area contributed by atoms with Gasteiger partial charge in [0, 0.05) is 12.0 Å². The average molecular weight is 340 g/mol. The third-order valence-electron chi connectivity index (χ3n) is 2.97. The van der Waals surface area contributed by atoms with Gasteiger partial charge in [-0.1, -0.05) is 40.6 Å². The fourth-order valence-electron chi connectivity index (χ4n) is 1.72. The lowest BCUT2D eigenvalue weighted by atomic mass is 10.2. The predicted molar refractivity (Wildman–Crippen MR) is 86.0 cm³/mol. The molecule has 0 bridgehead atoms. The van der Waals surface area contributed by atoms with Gasteiger partial charge in [0.2, 0.25) is 11.0 Å². The minimum absolute atomic E-state index is 0.250. The van der Waals surface area contributed by atoms with Crippen LogP contribution in [0.1, 0.15) is 29.3 Å². The number of benzene rings is 1. The molecule has 0 atom stereocenters. The Labute approximate surface area is 135 Å². The zero-order chi connectivity index (χ0) is 14.8. The average Bonchev–Trinajstić information content (AvgIpc) is 3.21. The third kappa shape index (κ3) is 3.81. The number of carbonyl (C=O) groups is 1. The van der Waals surface area contributed by atoms with Gasteiger partial charge >= 0.3 is 0 Å². The first-order valence-electron chi connectivity index (χ1n) is 6.39. The van der Waals surface area contributed by atoms with Crippen LogP contribution in [0.25, 0.3) is 6.08 Å². The number of halogens is 2. The molecule has 0 spiro atoms. The quantitative estimate of drug-likeness (QED) is 0.841. The second-order valence-corrected chi connectivity index (χ2v) is 6.54. The molecule has 1 saturated carbocycles. The zero-order valence-corrected chi connectivity index (χ0v) is 13.2. The van der Waals surface area contributed by atoms with E-state index in [1.165, 1.54) is 30.3 Å². The van der Waals surface area contributed by atoms with Crippen LogP contribution in [0.3, 0.4) is 0 Å². The lowest BCUT2D eigenvalue weighted by Gasteiger charge is -1.98. The number of anilines is 1. The lowest BCUT2D eigenvalue weighted by molar-refractivity contribution is -0.111. The van der Waals surface area contributed by atoms with Gasteiger partial charge in [0.1, 0.15) is 5.01 Å². The van der Waals surface area contributed by atoms with Crippen LogP contribution in [-0.2, 0) is 4.79 Å². The second kappa shape index (κ2) is 6.13. The molecule has 1 amide bonds. The molecular formula is C14H11Cl2N3OS. The van der Waals surface area contributed by atoms with Crippen LogP contribution in [-0.4, -0.2) is 16.1 Å². The summed E-state index contributed by atoms with van der Waals surface area (Å²) in [5.41, 5.74) is 0.801. The number of hydrogen-bond donors (Lipinski definition) is 1. The maximum atomic E-state index is 11.8. The van der Waals surface area contributed by atoms with Crippen LogP contribution in [0, 0.1) is 0 Å². The van der Waals surface area contributed by atoms with E-state index in [1.807, 2.05) is 0 Å². The SMILES string of the molecule is O=C(C=Cc1ccc(Cl)c(Cl)c1)Nc1nnc(C2CC2)s1. The Kier molecular flexibility index (Phi) is 4.24. The van der Waals surface area contributed by atoms with Crippen LogP contribution >= 0.6 is 34.5 Å². The highest BCUT2D eigenvalue weighted by molar-refractivity contribution is 7.15. The van der Waals surface area contributed by atoms with Gasteiger partial charge in [-0.2, -0.15) is 0 Å². The van der Waals surface area contributed by atoms with Gasteiger partial charge in [-0.3, -0.25) is 10.1 Å². The molecule has 21 heavy (non-hydrogen) atoms. The molecule has 2 aromatic rings. The van der Waals surface area contributed by atoms with E-state index in [0.29, 0.717) is 21.1 Å². The summed E-state index contributed by atoms with van der Waals surface area (Å²) < 4.78 is 0. The molecule has 0 unspecified atom stereocenters. The van der Waals surface area contributed by atoms with Gasteiger partial charge in [-0.05, 0) is 36.6 Å².